The van der Waals surface area contributed by atoms with Crippen LogP contribution < -0.4 is 14.8 Å². The van der Waals surface area contributed by atoms with Gasteiger partial charge in [0.1, 0.15) is 11.2 Å². The van der Waals surface area contributed by atoms with Gasteiger partial charge in [-0.05, 0) is 38.3 Å². The van der Waals surface area contributed by atoms with Crippen LogP contribution in [0.1, 0.15) is 25.6 Å². The second-order valence-corrected chi connectivity index (χ2v) is 7.36. The summed E-state index contributed by atoms with van der Waals surface area (Å²) in [5.41, 5.74) is -0.278. The highest BCUT2D eigenvalue weighted by Gasteiger charge is 2.14. The van der Waals surface area contributed by atoms with Gasteiger partial charge in [0.15, 0.2) is 0 Å². The maximum atomic E-state index is 12.8. The van der Waals surface area contributed by atoms with Gasteiger partial charge in [-0.15, -0.1) is 22.7 Å². The summed E-state index contributed by atoms with van der Waals surface area (Å²) in [6.07, 6.45) is 3.05. The number of carbonyl (C=O) groups excluding carboxylic acids is 2. The van der Waals surface area contributed by atoms with Crippen LogP contribution in [-0.4, -0.2) is 41.0 Å². The number of hydrogen-bond acceptors (Lipinski definition) is 6. The third-order valence-electron chi connectivity index (χ3n) is 3.69. The second kappa shape index (κ2) is 9.49. The Balaban J connectivity index is 2.53. The zero-order valence-electron chi connectivity index (χ0n) is 15.1. The van der Waals surface area contributed by atoms with E-state index in [4.69, 9.17) is 4.74 Å². The molecule has 140 valence electrons. The number of amides is 1. The fourth-order valence-electron chi connectivity index (χ4n) is 2.39. The number of nitrogens with zero attached hydrogens (tertiary/aromatic N) is 2. The van der Waals surface area contributed by atoms with E-state index in [1.807, 2.05) is 31.4 Å². The number of rotatable bonds is 7. The number of likely N-dealkylation sites (N-methyl/N-ethyl adjacent to an activating group) is 1. The molecule has 2 rings (SSSR count). The lowest BCUT2D eigenvalue weighted by Crippen LogP contribution is -2.40. The van der Waals surface area contributed by atoms with Crippen molar-refractivity contribution in [2.24, 2.45) is 0 Å². The predicted molar refractivity (Wildman–Crippen MR) is 105 cm³/mol. The fraction of sp³-hybridized carbons (Fsp3) is 0.389. The van der Waals surface area contributed by atoms with Gasteiger partial charge in [-0.2, -0.15) is 0 Å². The molecule has 0 aliphatic heterocycles. The Morgan fingerprint density at radius 3 is 2.58 bits per heavy atom. The quantitative estimate of drug-likeness (QED) is 0.658. The van der Waals surface area contributed by atoms with Crippen LogP contribution in [0.4, 0.5) is 0 Å². The van der Waals surface area contributed by atoms with Crippen LogP contribution >= 0.6 is 22.7 Å². The number of ether oxygens (including phenoxy) is 1. The number of esters is 1. The zero-order chi connectivity index (χ0) is 19.1. The summed E-state index contributed by atoms with van der Waals surface area (Å²) < 4.78 is 7.19. The monoisotopic (exact) mass is 394 g/mol. The summed E-state index contributed by atoms with van der Waals surface area (Å²) >= 11 is 2.70. The molecular weight excluding hydrogens is 372 g/mol. The van der Waals surface area contributed by atoms with Gasteiger partial charge in [0, 0.05) is 18.0 Å². The molecule has 0 radical (unpaired) electrons. The minimum atomic E-state index is -0.527. The number of carbonyl (C=O) groups is 2. The van der Waals surface area contributed by atoms with Crippen molar-refractivity contribution in [2.45, 2.75) is 27.3 Å². The van der Waals surface area contributed by atoms with Crippen LogP contribution in [0.25, 0.3) is 12.2 Å². The smallest absolute Gasteiger partial charge is 0.333 e. The molecule has 2 aromatic heterocycles. The fourth-order valence-corrected chi connectivity index (χ4v) is 4.15. The van der Waals surface area contributed by atoms with Crippen LogP contribution in [-0.2, 0) is 20.9 Å². The zero-order valence-corrected chi connectivity index (χ0v) is 16.7. The lowest BCUT2D eigenvalue weighted by Gasteiger charge is -2.18. The standard InChI is InChI=1S/C18H22N2O4S2/c1-4-19(5-2)15(21)12-20-16(11-17(22)24-6-3)26-14(18(20)23)10-13-8-7-9-25-13/h7-11H,4-6,12H2,1-3H3/b14-10-,16-11-. The average Bonchev–Trinajstić information content (AvgIpc) is 3.21. The minimum absolute atomic E-state index is 0.0967. The molecule has 0 unspecified atom stereocenters. The van der Waals surface area contributed by atoms with Gasteiger partial charge in [-0.1, -0.05) is 6.07 Å². The highest BCUT2D eigenvalue weighted by Crippen LogP contribution is 2.08. The van der Waals surface area contributed by atoms with E-state index in [0.29, 0.717) is 22.3 Å². The Labute approximate surface area is 159 Å². The largest absolute Gasteiger partial charge is 0.463 e. The van der Waals surface area contributed by atoms with Crippen LogP contribution in [0.2, 0.25) is 0 Å². The maximum absolute atomic E-state index is 12.8. The van der Waals surface area contributed by atoms with E-state index in [0.717, 1.165) is 4.88 Å². The van der Waals surface area contributed by atoms with Crippen LogP contribution in [0.5, 0.6) is 0 Å². The van der Waals surface area contributed by atoms with E-state index in [9.17, 15) is 14.4 Å². The van der Waals surface area contributed by atoms with Crippen molar-refractivity contribution in [2.75, 3.05) is 19.7 Å². The van der Waals surface area contributed by atoms with E-state index in [1.165, 1.54) is 33.3 Å². The van der Waals surface area contributed by atoms with Crippen LogP contribution in [0, 0.1) is 0 Å². The van der Waals surface area contributed by atoms with Crippen molar-refractivity contribution in [1.82, 2.24) is 9.47 Å². The minimum Gasteiger partial charge on any atom is -0.463 e. The number of thiazole rings is 1. The van der Waals surface area contributed by atoms with Crippen molar-refractivity contribution >= 4 is 46.7 Å². The van der Waals surface area contributed by atoms with Gasteiger partial charge in [0.05, 0.1) is 17.2 Å². The van der Waals surface area contributed by atoms with Crippen molar-refractivity contribution in [3.8, 4) is 0 Å². The number of hydrogen-bond donors (Lipinski definition) is 0. The van der Waals surface area contributed by atoms with E-state index in [2.05, 4.69) is 0 Å². The van der Waals surface area contributed by atoms with Gasteiger partial charge in [0.2, 0.25) is 5.91 Å². The summed E-state index contributed by atoms with van der Waals surface area (Å²) in [5, 5.41) is 1.92. The van der Waals surface area contributed by atoms with E-state index in [-0.39, 0.29) is 24.6 Å². The molecule has 0 aliphatic carbocycles. The molecular formula is C18H22N2O4S2. The van der Waals surface area contributed by atoms with E-state index >= 15 is 0 Å². The first-order valence-corrected chi connectivity index (χ1v) is 10.1. The summed E-state index contributed by atoms with van der Waals surface area (Å²) in [4.78, 5) is 39.7. The Bertz CT molecular complexity index is 922. The summed E-state index contributed by atoms with van der Waals surface area (Å²) in [6, 6.07) is 3.81. The molecule has 0 atom stereocenters. The Morgan fingerprint density at radius 1 is 1.27 bits per heavy atom. The highest BCUT2D eigenvalue weighted by molar-refractivity contribution is 7.11. The van der Waals surface area contributed by atoms with Gasteiger partial charge >= 0.3 is 5.97 Å². The molecule has 0 N–H and O–H groups in total. The first-order valence-electron chi connectivity index (χ1n) is 8.41. The van der Waals surface area contributed by atoms with Gasteiger partial charge in [-0.25, -0.2) is 4.79 Å². The average molecular weight is 395 g/mol. The van der Waals surface area contributed by atoms with Gasteiger partial charge in [-0.3, -0.25) is 14.2 Å². The van der Waals surface area contributed by atoms with Crippen molar-refractivity contribution in [1.29, 1.82) is 0 Å². The van der Waals surface area contributed by atoms with Crippen LogP contribution in [0.3, 0.4) is 0 Å². The maximum Gasteiger partial charge on any atom is 0.333 e. The first kappa shape index (κ1) is 20.1. The summed E-state index contributed by atoms with van der Waals surface area (Å²) in [6.45, 7) is 6.78. The molecule has 0 spiro atoms. The van der Waals surface area contributed by atoms with Crippen molar-refractivity contribution < 1.29 is 14.3 Å². The molecule has 26 heavy (non-hydrogen) atoms. The number of aromatic nitrogens is 1. The molecule has 0 fully saturated rings. The number of thiophene rings is 1. The van der Waals surface area contributed by atoms with Crippen molar-refractivity contribution in [3.05, 3.63) is 41.9 Å². The normalized spacial score (nSPS) is 12.4. The lowest BCUT2D eigenvalue weighted by molar-refractivity contribution is -0.135. The van der Waals surface area contributed by atoms with E-state index < -0.39 is 5.97 Å². The summed E-state index contributed by atoms with van der Waals surface area (Å²) in [5.74, 6) is -0.684. The molecule has 0 bridgehead atoms. The Morgan fingerprint density at radius 2 is 2.00 bits per heavy atom. The predicted octanol–water partition coefficient (Wildman–Crippen LogP) is 1.01. The molecule has 8 heteroatoms. The molecule has 6 nitrogen and oxygen atoms in total. The molecule has 0 saturated heterocycles. The Hall–Kier alpha value is -2.19. The molecule has 0 aliphatic rings. The Kier molecular flexibility index (Phi) is 7.35. The van der Waals surface area contributed by atoms with Crippen molar-refractivity contribution in [3.63, 3.8) is 0 Å². The van der Waals surface area contributed by atoms with Gasteiger partial charge < -0.3 is 9.64 Å². The first-order chi connectivity index (χ1) is 12.5. The molecule has 0 saturated carbocycles. The molecule has 0 aromatic carbocycles. The third-order valence-corrected chi connectivity index (χ3v) is 5.57. The molecule has 1 amide bonds. The molecule has 2 heterocycles. The summed E-state index contributed by atoms with van der Waals surface area (Å²) in [7, 11) is 0. The lowest BCUT2D eigenvalue weighted by atomic mass is 10.4. The third kappa shape index (κ3) is 4.92. The second-order valence-electron chi connectivity index (χ2n) is 5.32. The van der Waals surface area contributed by atoms with E-state index in [1.54, 1.807) is 17.9 Å². The topological polar surface area (TPSA) is 68.6 Å². The van der Waals surface area contributed by atoms with Crippen LogP contribution in [0.15, 0.2) is 22.3 Å². The molecule has 2 aromatic rings. The SMILES string of the molecule is CCOC(=O)/C=c1\s/c(=C\c2cccs2)c(=O)n1CC(=O)N(CC)CC. The van der Waals surface area contributed by atoms with Gasteiger partial charge in [0.25, 0.3) is 5.56 Å². The highest BCUT2D eigenvalue weighted by atomic mass is 32.1.